The molecule has 0 saturated heterocycles. The Kier molecular flexibility index (Phi) is 1.94. The average molecular weight is 211 g/mol. The van der Waals surface area contributed by atoms with E-state index in [1.165, 1.54) is 0 Å². The van der Waals surface area contributed by atoms with E-state index in [9.17, 15) is 8.42 Å². The Labute approximate surface area is 80.6 Å². The quantitative estimate of drug-likeness (QED) is 0.652. The molecule has 1 heterocycles. The Morgan fingerprint density at radius 1 is 1.36 bits per heavy atom. The van der Waals surface area contributed by atoms with Crippen LogP contribution < -0.4 is 4.72 Å². The number of anilines is 1. The second-order valence-corrected chi connectivity index (χ2v) is 3.90. The number of fused-ring (bicyclic) bond motifs is 1. The minimum Gasteiger partial charge on any atom is -0.351 e. The fraction of sp³-hybridized carbons (Fsp3) is 0. The molecule has 0 aliphatic rings. The lowest BCUT2D eigenvalue weighted by Crippen LogP contribution is -2.09. The highest BCUT2D eigenvalue weighted by Crippen LogP contribution is 2.22. The van der Waals surface area contributed by atoms with E-state index in [1.54, 1.807) is 18.2 Å². The molecule has 0 spiro atoms. The minimum absolute atomic E-state index is 0.211. The second-order valence-electron chi connectivity index (χ2n) is 2.75. The smallest absolute Gasteiger partial charge is 0.351 e. The monoisotopic (exact) mass is 211 g/mol. The van der Waals surface area contributed by atoms with Crippen molar-refractivity contribution in [3.05, 3.63) is 30.5 Å². The molecule has 2 aromatic rings. The van der Waals surface area contributed by atoms with Crippen molar-refractivity contribution in [2.75, 3.05) is 4.72 Å². The van der Waals surface area contributed by atoms with Gasteiger partial charge in [-0.25, -0.2) is 0 Å². The molecule has 1 radical (unpaired) electrons. The molecule has 0 saturated carbocycles. The summed E-state index contributed by atoms with van der Waals surface area (Å²) in [5, 5.41) is 0.658. The number of aromatic nitrogens is 1. The van der Waals surface area contributed by atoms with Gasteiger partial charge in [0.2, 0.25) is 0 Å². The van der Waals surface area contributed by atoms with Crippen molar-refractivity contribution in [1.82, 2.24) is 4.98 Å². The Balaban J connectivity index is 2.54. The molecule has 3 N–H and O–H groups in total. The number of rotatable bonds is 2. The minimum atomic E-state index is -4.24. The van der Waals surface area contributed by atoms with E-state index in [4.69, 9.17) is 4.55 Å². The largest absolute Gasteiger partial charge is 0.357 e. The average Bonchev–Trinajstić information content (AvgIpc) is 2.47. The molecule has 14 heavy (non-hydrogen) atoms. The SMILES string of the molecule is O=S(=O)(O)Nc1[c][nH]c2ccccc12. The standard InChI is InChI=1S/C8H7N2O3S/c11-14(12,13)10-8-5-9-7-4-2-1-3-6(7)8/h1-4,9-10H,(H,11,12,13). The Bertz CT molecular complexity index is 559. The highest BCUT2D eigenvalue weighted by atomic mass is 32.2. The zero-order valence-corrected chi connectivity index (χ0v) is 7.80. The number of para-hydroxylation sites is 1. The van der Waals surface area contributed by atoms with Gasteiger partial charge in [0, 0.05) is 10.9 Å². The molecule has 0 unspecified atom stereocenters. The first-order valence-electron chi connectivity index (χ1n) is 3.80. The van der Waals surface area contributed by atoms with Crippen LogP contribution in [0.2, 0.25) is 0 Å². The lowest BCUT2D eigenvalue weighted by Gasteiger charge is -1.98. The number of hydrogen-bond donors (Lipinski definition) is 3. The van der Waals surface area contributed by atoms with Crippen molar-refractivity contribution in [2.45, 2.75) is 0 Å². The molecule has 0 aliphatic carbocycles. The zero-order valence-electron chi connectivity index (χ0n) is 6.98. The summed E-state index contributed by atoms with van der Waals surface area (Å²) in [6.07, 6.45) is 2.59. The summed E-state index contributed by atoms with van der Waals surface area (Å²) in [6.45, 7) is 0. The van der Waals surface area contributed by atoms with E-state index < -0.39 is 10.3 Å². The molecule has 73 valence electrons. The molecule has 0 amide bonds. The molecule has 5 nitrogen and oxygen atoms in total. The Morgan fingerprint density at radius 2 is 2.07 bits per heavy atom. The first kappa shape index (κ1) is 9.04. The number of hydrogen-bond acceptors (Lipinski definition) is 2. The maximum atomic E-state index is 10.6. The fourth-order valence-corrected chi connectivity index (χ4v) is 1.64. The summed E-state index contributed by atoms with van der Waals surface area (Å²) in [5.41, 5.74) is 0.960. The van der Waals surface area contributed by atoms with Gasteiger partial charge in [0.25, 0.3) is 0 Å². The Hall–Kier alpha value is -1.53. The predicted octanol–water partition coefficient (Wildman–Crippen LogP) is 1.18. The van der Waals surface area contributed by atoms with Gasteiger partial charge in [0.05, 0.1) is 11.9 Å². The van der Waals surface area contributed by atoms with Crippen LogP contribution in [0.15, 0.2) is 24.3 Å². The molecule has 6 heteroatoms. The van der Waals surface area contributed by atoms with Crippen molar-refractivity contribution in [1.29, 1.82) is 0 Å². The van der Waals surface area contributed by atoms with Gasteiger partial charge in [-0.05, 0) is 6.07 Å². The topological polar surface area (TPSA) is 82.2 Å². The van der Waals surface area contributed by atoms with Crippen molar-refractivity contribution in [3.63, 3.8) is 0 Å². The summed E-state index contributed by atoms with van der Waals surface area (Å²) in [4.78, 5) is 2.75. The van der Waals surface area contributed by atoms with Crippen LogP contribution in [-0.4, -0.2) is 18.0 Å². The van der Waals surface area contributed by atoms with E-state index in [0.717, 1.165) is 5.52 Å². The van der Waals surface area contributed by atoms with Crippen molar-refractivity contribution in [2.24, 2.45) is 0 Å². The highest BCUT2D eigenvalue weighted by Gasteiger charge is 2.08. The summed E-state index contributed by atoms with van der Waals surface area (Å²) in [5.74, 6) is 0. The van der Waals surface area contributed by atoms with E-state index in [-0.39, 0.29) is 5.69 Å². The molecule has 2 rings (SSSR count). The van der Waals surface area contributed by atoms with Crippen LogP contribution in [0.5, 0.6) is 0 Å². The van der Waals surface area contributed by atoms with E-state index in [1.807, 2.05) is 10.8 Å². The van der Waals surface area contributed by atoms with Gasteiger partial charge >= 0.3 is 10.3 Å². The van der Waals surface area contributed by atoms with Crippen LogP contribution >= 0.6 is 0 Å². The van der Waals surface area contributed by atoms with Crippen LogP contribution in [0.25, 0.3) is 10.9 Å². The maximum absolute atomic E-state index is 10.6. The summed E-state index contributed by atoms with van der Waals surface area (Å²) < 4.78 is 31.6. The van der Waals surface area contributed by atoms with Crippen molar-refractivity contribution >= 4 is 26.9 Å². The van der Waals surface area contributed by atoms with Gasteiger partial charge in [-0.15, -0.1) is 0 Å². The molecular weight excluding hydrogens is 204 g/mol. The molecule has 1 aromatic carbocycles. The van der Waals surface area contributed by atoms with Gasteiger partial charge in [-0.3, -0.25) is 9.27 Å². The molecule has 1 aromatic heterocycles. The number of aromatic amines is 1. The van der Waals surface area contributed by atoms with Crippen LogP contribution in [0.4, 0.5) is 5.69 Å². The van der Waals surface area contributed by atoms with Gasteiger partial charge < -0.3 is 4.98 Å². The maximum Gasteiger partial charge on any atom is 0.357 e. The second kappa shape index (κ2) is 3.00. The van der Waals surface area contributed by atoms with Crippen LogP contribution in [-0.2, 0) is 10.3 Å². The highest BCUT2D eigenvalue weighted by molar-refractivity contribution is 7.87. The lowest BCUT2D eigenvalue weighted by atomic mass is 10.2. The summed E-state index contributed by atoms with van der Waals surface area (Å²) >= 11 is 0. The number of H-pyrrole nitrogens is 1. The third-order valence-electron chi connectivity index (χ3n) is 1.75. The van der Waals surface area contributed by atoms with Crippen LogP contribution in [0.3, 0.4) is 0 Å². The first-order chi connectivity index (χ1) is 6.56. The third-order valence-corrected chi connectivity index (χ3v) is 2.21. The third kappa shape index (κ3) is 1.70. The van der Waals surface area contributed by atoms with E-state index in [2.05, 4.69) is 11.2 Å². The normalized spacial score (nSPS) is 11.8. The van der Waals surface area contributed by atoms with Gasteiger partial charge in [0.1, 0.15) is 0 Å². The number of nitrogens with one attached hydrogen (secondary N) is 2. The van der Waals surface area contributed by atoms with Gasteiger partial charge in [0.15, 0.2) is 0 Å². The zero-order chi connectivity index (χ0) is 10.2. The molecule has 0 atom stereocenters. The predicted molar refractivity (Wildman–Crippen MR) is 52.3 cm³/mol. The number of benzene rings is 1. The lowest BCUT2D eigenvalue weighted by molar-refractivity contribution is 0.490. The summed E-state index contributed by atoms with van der Waals surface area (Å²) in [6, 6.07) is 7.07. The van der Waals surface area contributed by atoms with E-state index >= 15 is 0 Å². The molecular formula is C8H7N2O3S. The van der Waals surface area contributed by atoms with Gasteiger partial charge in [-0.2, -0.15) is 8.42 Å². The fourth-order valence-electron chi connectivity index (χ4n) is 1.22. The van der Waals surface area contributed by atoms with Crippen LogP contribution in [0, 0.1) is 6.20 Å². The summed E-state index contributed by atoms with van der Waals surface area (Å²) in [7, 11) is -4.24. The van der Waals surface area contributed by atoms with Crippen LogP contribution in [0.1, 0.15) is 0 Å². The van der Waals surface area contributed by atoms with Crippen molar-refractivity contribution < 1.29 is 13.0 Å². The Morgan fingerprint density at radius 3 is 2.79 bits per heavy atom. The molecule has 0 fully saturated rings. The van der Waals surface area contributed by atoms with Gasteiger partial charge in [-0.1, -0.05) is 18.2 Å². The molecule has 0 aliphatic heterocycles. The van der Waals surface area contributed by atoms with Crippen molar-refractivity contribution in [3.8, 4) is 0 Å². The molecule has 0 bridgehead atoms. The van der Waals surface area contributed by atoms with E-state index in [0.29, 0.717) is 5.39 Å². The first-order valence-corrected chi connectivity index (χ1v) is 5.24.